The highest BCUT2D eigenvalue weighted by molar-refractivity contribution is 5.95. The van der Waals surface area contributed by atoms with Gasteiger partial charge in [0.15, 0.2) is 0 Å². The maximum Gasteiger partial charge on any atom is 0.271 e. The van der Waals surface area contributed by atoms with Gasteiger partial charge in [0.25, 0.3) is 5.91 Å². The van der Waals surface area contributed by atoms with E-state index in [0.717, 1.165) is 0 Å². The Morgan fingerprint density at radius 2 is 1.96 bits per heavy atom. The van der Waals surface area contributed by atoms with Crippen molar-refractivity contribution >= 4 is 12.1 Å². The number of rotatable bonds is 7. The normalized spacial score (nSPS) is 10.1. The molecule has 2 aromatic rings. The van der Waals surface area contributed by atoms with Crippen LogP contribution in [0.25, 0.3) is 0 Å². The lowest BCUT2D eigenvalue weighted by atomic mass is 10.2. The fraction of sp³-hybridized carbons (Fsp3) is 0.158. The molecule has 0 radical (unpaired) electrons. The van der Waals surface area contributed by atoms with E-state index in [1.807, 2.05) is 0 Å². The summed E-state index contributed by atoms with van der Waals surface area (Å²) in [5.74, 6) is 3.81. The van der Waals surface area contributed by atoms with Crippen molar-refractivity contribution in [3.8, 4) is 29.6 Å². The van der Waals surface area contributed by atoms with Gasteiger partial charge in [-0.1, -0.05) is 12.0 Å². The molecule has 0 fully saturated rings. The highest BCUT2D eigenvalue weighted by atomic mass is 16.5. The van der Waals surface area contributed by atoms with E-state index in [4.69, 9.17) is 20.6 Å². The number of nitrogens with one attached hydrogen (secondary N) is 1. The number of ether oxygens (including phenoxy) is 3. The molecule has 1 N–H and O–H groups in total. The van der Waals surface area contributed by atoms with E-state index < -0.39 is 0 Å². The fourth-order valence-electron chi connectivity index (χ4n) is 1.99. The number of methoxy groups -OCH3 is 2. The van der Waals surface area contributed by atoms with Crippen LogP contribution in [0.4, 0.5) is 0 Å². The molecule has 0 atom stereocenters. The molecule has 0 bridgehead atoms. The van der Waals surface area contributed by atoms with Gasteiger partial charge in [0, 0.05) is 11.1 Å². The fourth-order valence-corrected chi connectivity index (χ4v) is 1.99. The molecular formula is C19H18N2O4. The number of amides is 1. The number of hydrogen-bond acceptors (Lipinski definition) is 5. The molecule has 0 aromatic heterocycles. The van der Waals surface area contributed by atoms with Gasteiger partial charge in [-0.25, -0.2) is 5.43 Å². The lowest BCUT2D eigenvalue weighted by Crippen LogP contribution is -2.17. The van der Waals surface area contributed by atoms with Crippen molar-refractivity contribution in [1.29, 1.82) is 0 Å². The number of benzene rings is 2. The van der Waals surface area contributed by atoms with Crippen molar-refractivity contribution in [2.45, 2.75) is 0 Å². The van der Waals surface area contributed by atoms with Gasteiger partial charge >= 0.3 is 0 Å². The Kier molecular flexibility index (Phi) is 6.43. The average molecular weight is 338 g/mol. The monoisotopic (exact) mass is 338 g/mol. The minimum atomic E-state index is -0.357. The molecule has 0 saturated carbocycles. The van der Waals surface area contributed by atoms with Gasteiger partial charge in [-0.05, 0) is 36.4 Å². The van der Waals surface area contributed by atoms with Gasteiger partial charge in [-0.2, -0.15) is 5.10 Å². The van der Waals surface area contributed by atoms with Gasteiger partial charge in [0.2, 0.25) is 0 Å². The molecule has 0 aliphatic carbocycles. The van der Waals surface area contributed by atoms with Crippen LogP contribution in [0.5, 0.6) is 17.2 Å². The molecule has 25 heavy (non-hydrogen) atoms. The minimum Gasteiger partial charge on any atom is -0.497 e. The summed E-state index contributed by atoms with van der Waals surface area (Å²) < 4.78 is 15.7. The van der Waals surface area contributed by atoms with Crippen molar-refractivity contribution in [1.82, 2.24) is 5.43 Å². The predicted octanol–water partition coefficient (Wildman–Crippen LogP) is 2.48. The highest BCUT2D eigenvalue weighted by Gasteiger charge is 2.06. The SMILES string of the molecule is C#CCOc1ccc(OC)cc1/C=N/NC(=O)c1cccc(OC)c1. The van der Waals surface area contributed by atoms with Crippen molar-refractivity contribution in [3.63, 3.8) is 0 Å². The number of hydrazone groups is 1. The zero-order chi connectivity index (χ0) is 18.1. The number of carbonyl (C=O) groups excluding carboxylic acids is 1. The molecule has 6 nitrogen and oxygen atoms in total. The van der Waals surface area contributed by atoms with Crippen molar-refractivity contribution in [2.24, 2.45) is 5.10 Å². The second-order valence-electron chi connectivity index (χ2n) is 4.83. The van der Waals surface area contributed by atoms with E-state index in [-0.39, 0.29) is 12.5 Å². The molecule has 2 aromatic carbocycles. The molecule has 0 spiro atoms. The largest absolute Gasteiger partial charge is 0.497 e. The quantitative estimate of drug-likeness (QED) is 0.478. The third-order valence-corrected chi connectivity index (χ3v) is 3.23. The predicted molar refractivity (Wildman–Crippen MR) is 95.4 cm³/mol. The highest BCUT2D eigenvalue weighted by Crippen LogP contribution is 2.22. The number of nitrogens with zero attached hydrogens (tertiary/aromatic N) is 1. The summed E-state index contributed by atoms with van der Waals surface area (Å²) >= 11 is 0. The topological polar surface area (TPSA) is 69.2 Å². The minimum absolute atomic E-state index is 0.128. The molecule has 2 rings (SSSR count). The van der Waals surface area contributed by atoms with E-state index in [1.54, 1.807) is 49.6 Å². The van der Waals surface area contributed by atoms with Gasteiger partial charge in [-0.15, -0.1) is 6.42 Å². The maximum atomic E-state index is 12.1. The van der Waals surface area contributed by atoms with Gasteiger partial charge in [0.05, 0.1) is 20.4 Å². The molecule has 0 unspecified atom stereocenters. The van der Waals surface area contributed by atoms with E-state index in [0.29, 0.717) is 28.4 Å². The Morgan fingerprint density at radius 1 is 1.20 bits per heavy atom. The van der Waals surface area contributed by atoms with Crippen LogP contribution in [0, 0.1) is 12.3 Å². The summed E-state index contributed by atoms with van der Waals surface area (Å²) in [6.07, 6.45) is 6.67. The van der Waals surface area contributed by atoms with Crippen LogP contribution >= 0.6 is 0 Å². The van der Waals surface area contributed by atoms with E-state index >= 15 is 0 Å². The third kappa shape index (κ3) is 5.01. The molecule has 0 saturated heterocycles. The molecular weight excluding hydrogens is 320 g/mol. The summed E-state index contributed by atoms with van der Waals surface area (Å²) in [6.45, 7) is 0.128. The summed E-state index contributed by atoms with van der Waals surface area (Å²) in [6, 6.07) is 12.0. The Labute approximate surface area is 146 Å². The van der Waals surface area contributed by atoms with Crippen molar-refractivity contribution in [2.75, 3.05) is 20.8 Å². The molecule has 6 heteroatoms. The zero-order valence-electron chi connectivity index (χ0n) is 14.0. The smallest absolute Gasteiger partial charge is 0.271 e. The van der Waals surface area contributed by atoms with E-state index in [1.165, 1.54) is 13.3 Å². The summed E-state index contributed by atoms with van der Waals surface area (Å²) in [7, 11) is 3.10. The third-order valence-electron chi connectivity index (χ3n) is 3.23. The molecule has 0 aliphatic rings. The second-order valence-corrected chi connectivity index (χ2v) is 4.83. The molecule has 0 heterocycles. The van der Waals surface area contributed by atoms with Gasteiger partial charge in [0.1, 0.15) is 23.9 Å². The van der Waals surface area contributed by atoms with Gasteiger partial charge in [-0.3, -0.25) is 4.79 Å². The lowest BCUT2D eigenvalue weighted by Gasteiger charge is -2.08. The maximum absolute atomic E-state index is 12.1. The van der Waals surface area contributed by atoms with Crippen LogP contribution in [-0.2, 0) is 0 Å². The van der Waals surface area contributed by atoms with Crippen molar-refractivity contribution < 1.29 is 19.0 Å². The summed E-state index contributed by atoms with van der Waals surface area (Å²) in [4.78, 5) is 12.1. The van der Waals surface area contributed by atoms with E-state index in [9.17, 15) is 4.79 Å². The number of hydrogen-bond donors (Lipinski definition) is 1. The lowest BCUT2D eigenvalue weighted by molar-refractivity contribution is 0.0955. The molecule has 128 valence electrons. The first-order chi connectivity index (χ1) is 12.2. The van der Waals surface area contributed by atoms with Crippen molar-refractivity contribution in [3.05, 3.63) is 53.6 Å². The first kappa shape index (κ1) is 17.9. The Hall–Kier alpha value is -3.46. The Bertz CT molecular complexity index is 809. The Morgan fingerprint density at radius 3 is 2.68 bits per heavy atom. The first-order valence-corrected chi connectivity index (χ1v) is 7.39. The standard InChI is InChI=1S/C19H18N2O4/c1-4-10-25-18-9-8-17(24-3)12-15(18)13-20-21-19(22)14-6-5-7-16(11-14)23-2/h1,5-9,11-13H,10H2,2-3H3,(H,21,22)/b20-13+. The molecule has 1 amide bonds. The van der Waals surface area contributed by atoms with Crippen LogP contribution in [0.1, 0.15) is 15.9 Å². The Balaban J connectivity index is 2.12. The average Bonchev–Trinajstić information content (AvgIpc) is 2.66. The number of terminal acetylenes is 1. The van der Waals surface area contributed by atoms with Crippen LogP contribution in [0.2, 0.25) is 0 Å². The number of carbonyl (C=O) groups is 1. The second kappa shape index (κ2) is 8.99. The molecule has 0 aliphatic heterocycles. The van der Waals surface area contributed by atoms with Crippen LogP contribution < -0.4 is 19.6 Å². The van der Waals surface area contributed by atoms with Crippen LogP contribution in [-0.4, -0.2) is 32.9 Å². The van der Waals surface area contributed by atoms with Gasteiger partial charge < -0.3 is 14.2 Å². The van der Waals surface area contributed by atoms with Crippen LogP contribution in [0.3, 0.4) is 0 Å². The zero-order valence-corrected chi connectivity index (χ0v) is 14.0. The first-order valence-electron chi connectivity index (χ1n) is 7.39. The van der Waals surface area contributed by atoms with E-state index in [2.05, 4.69) is 16.4 Å². The van der Waals surface area contributed by atoms with Crippen LogP contribution in [0.15, 0.2) is 47.6 Å². The summed E-state index contributed by atoms with van der Waals surface area (Å²) in [5, 5.41) is 3.96. The summed E-state index contributed by atoms with van der Waals surface area (Å²) in [5.41, 5.74) is 3.52.